The highest BCUT2D eigenvalue weighted by Gasteiger charge is 2.41. The molecule has 1 aliphatic rings. The van der Waals surface area contributed by atoms with Gasteiger partial charge >= 0.3 is 0 Å². The Morgan fingerprint density at radius 2 is 1.75 bits per heavy atom. The van der Waals surface area contributed by atoms with Gasteiger partial charge in [-0.05, 0) is 42.9 Å². The van der Waals surface area contributed by atoms with Crippen molar-refractivity contribution in [2.75, 3.05) is 13.6 Å². The fourth-order valence-corrected chi connectivity index (χ4v) is 3.58. The molecule has 0 spiro atoms. The molecule has 0 saturated heterocycles. The average molecular weight is 296 g/mol. The van der Waals surface area contributed by atoms with Gasteiger partial charge in [0.05, 0.1) is 5.75 Å². The number of hydrogen-bond acceptors (Lipinski definition) is 3. The van der Waals surface area contributed by atoms with Crippen molar-refractivity contribution in [3.05, 3.63) is 35.4 Å². The minimum absolute atomic E-state index is 0.0621. The summed E-state index contributed by atoms with van der Waals surface area (Å²) in [5.41, 5.74) is 2.23. The maximum atomic E-state index is 12.1. The third-order valence-corrected chi connectivity index (χ3v) is 5.43. The van der Waals surface area contributed by atoms with Crippen LogP contribution < -0.4 is 10.0 Å². The normalized spacial score (nSPS) is 17.1. The van der Waals surface area contributed by atoms with Gasteiger partial charge < -0.3 is 5.32 Å². The van der Waals surface area contributed by atoms with Crippen molar-refractivity contribution in [3.63, 3.8) is 0 Å². The smallest absolute Gasteiger partial charge is 0.215 e. The van der Waals surface area contributed by atoms with E-state index < -0.39 is 10.0 Å². The summed E-state index contributed by atoms with van der Waals surface area (Å²) in [6.07, 6.45) is 3.34. The van der Waals surface area contributed by atoms with E-state index >= 15 is 0 Å². The number of hydrogen-bond donors (Lipinski definition) is 2. The standard InChI is InChI=1S/C15H24N2O2S/c1-3-15(8-9-15)12-17-20(18,19)11-14-6-4-13(5-7-14)10-16-2/h4-7,16-17H,3,8-12H2,1-2H3. The third kappa shape index (κ3) is 4.30. The van der Waals surface area contributed by atoms with Gasteiger partial charge in [0.15, 0.2) is 0 Å². The van der Waals surface area contributed by atoms with Gasteiger partial charge in [0.25, 0.3) is 0 Å². The van der Waals surface area contributed by atoms with Crippen LogP contribution in [0.4, 0.5) is 0 Å². The lowest BCUT2D eigenvalue weighted by Crippen LogP contribution is -2.31. The van der Waals surface area contributed by atoms with Crippen LogP contribution in [0, 0.1) is 5.41 Å². The van der Waals surface area contributed by atoms with Crippen LogP contribution in [-0.4, -0.2) is 22.0 Å². The molecule has 4 nitrogen and oxygen atoms in total. The first-order valence-electron chi connectivity index (χ1n) is 7.18. The van der Waals surface area contributed by atoms with E-state index in [2.05, 4.69) is 17.0 Å². The second-order valence-corrected chi connectivity index (χ2v) is 7.59. The molecule has 1 aromatic rings. The van der Waals surface area contributed by atoms with Gasteiger partial charge in [-0.2, -0.15) is 0 Å². The molecule has 112 valence electrons. The summed E-state index contributed by atoms with van der Waals surface area (Å²) in [4.78, 5) is 0. The topological polar surface area (TPSA) is 58.2 Å². The molecule has 2 N–H and O–H groups in total. The molecule has 0 unspecified atom stereocenters. The molecule has 1 fully saturated rings. The average Bonchev–Trinajstić information content (AvgIpc) is 3.20. The zero-order valence-corrected chi connectivity index (χ0v) is 13.1. The molecule has 0 bridgehead atoms. The molecule has 0 heterocycles. The largest absolute Gasteiger partial charge is 0.316 e. The molecule has 1 aliphatic carbocycles. The van der Waals surface area contributed by atoms with Gasteiger partial charge in [-0.25, -0.2) is 13.1 Å². The number of benzene rings is 1. The van der Waals surface area contributed by atoms with Gasteiger partial charge in [0, 0.05) is 13.1 Å². The molecule has 2 rings (SSSR count). The molecule has 0 amide bonds. The molecule has 5 heteroatoms. The van der Waals surface area contributed by atoms with Crippen LogP contribution in [0.1, 0.15) is 37.3 Å². The summed E-state index contributed by atoms with van der Waals surface area (Å²) in [5, 5.41) is 3.07. The van der Waals surface area contributed by atoms with Gasteiger partial charge in [0.2, 0.25) is 10.0 Å². The highest BCUT2D eigenvalue weighted by molar-refractivity contribution is 7.88. The molecule has 1 aromatic carbocycles. The SMILES string of the molecule is CCC1(CNS(=O)(=O)Cc2ccc(CNC)cc2)CC1. The third-order valence-electron chi connectivity index (χ3n) is 4.13. The summed E-state index contributed by atoms with van der Waals surface area (Å²) < 4.78 is 26.9. The van der Waals surface area contributed by atoms with Gasteiger partial charge in [-0.15, -0.1) is 0 Å². The second kappa shape index (κ2) is 6.24. The summed E-state index contributed by atoms with van der Waals surface area (Å²) >= 11 is 0. The number of sulfonamides is 1. The summed E-state index contributed by atoms with van der Waals surface area (Å²) in [5.74, 6) is 0.0621. The van der Waals surface area contributed by atoms with E-state index in [4.69, 9.17) is 0 Å². The van der Waals surface area contributed by atoms with Crippen LogP contribution in [0.25, 0.3) is 0 Å². The molecule has 0 aromatic heterocycles. The lowest BCUT2D eigenvalue weighted by molar-refractivity contribution is 0.475. The van der Waals surface area contributed by atoms with Crippen molar-refractivity contribution >= 4 is 10.0 Å². The molecule has 0 aliphatic heterocycles. The zero-order chi connectivity index (χ0) is 14.6. The van der Waals surface area contributed by atoms with Crippen LogP contribution >= 0.6 is 0 Å². The number of rotatable bonds is 8. The van der Waals surface area contributed by atoms with Crippen molar-refractivity contribution < 1.29 is 8.42 Å². The van der Waals surface area contributed by atoms with Crippen molar-refractivity contribution in [1.82, 2.24) is 10.0 Å². The maximum absolute atomic E-state index is 12.1. The molecule has 0 atom stereocenters. The maximum Gasteiger partial charge on any atom is 0.215 e. The minimum Gasteiger partial charge on any atom is -0.316 e. The molecular formula is C15H24N2O2S. The first kappa shape index (κ1) is 15.5. The fraction of sp³-hybridized carbons (Fsp3) is 0.600. The molecule has 20 heavy (non-hydrogen) atoms. The first-order chi connectivity index (χ1) is 9.49. The Hall–Kier alpha value is -0.910. The van der Waals surface area contributed by atoms with Crippen molar-refractivity contribution in [2.45, 2.75) is 38.5 Å². The Morgan fingerprint density at radius 1 is 1.15 bits per heavy atom. The Bertz CT molecular complexity index is 533. The highest BCUT2D eigenvalue weighted by atomic mass is 32.2. The summed E-state index contributed by atoms with van der Waals surface area (Å²) in [6, 6.07) is 7.71. The van der Waals surface area contributed by atoms with Crippen molar-refractivity contribution in [2.24, 2.45) is 5.41 Å². The van der Waals surface area contributed by atoms with Crippen LogP contribution in [0.2, 0.25) is 0 Å². The van der Waals surface area contributed by atoms with E-state index in [0.29, 0.717) is 6.54 Å². The molecule has 0 radical (unpaired) electrons. The van der Waals surface area contributed by atoms with Gasteiger partial charge in [0.1, 0.15) is 0 Å². The van der Waals surface area contributed by atoms with Gasteiger partial charge in [-0.3, -0.25) is 0 Å². The Morgan fingerprint density at radius 3 is 2.25 bits per heavy atom. The quantitative estimate of drug-likeness (QED) is 0.771. The van der Waals surface area contributed by atoms with Crippen LogP contribution in [0.5, 0.6) is 0 Å². The fourth-order valence-electron chi connectivity index (χ4n) is 2.32. The van der Waals surface area contributed by atoms with Gasteiger partial charge in [-0.1, -0.05) is 31.2 Å². The van der Waals surface area contributed by atoms with E-state index in [1.54, 1.807) is 0 Å². The molecule has 1 saturated carbocycles. The lowest BCUT2D eigenvalue weighted by Gasteiger charge is -2.14. The molecular weight excluding hydrogens is 272 g/mol. The van der Waals surface area contributed by atoms with Crippen LogP contribution in [0.15, 0.2) is 24.3 Å². The van der Waals surface area contributed by atoms with E-state index in [9.17, 15) is 8.42 Å². The first-order valence-corrected chi connectivity index (χ1v) is 8.84. The minimum atomic E-state index is -3.23. The summed E-state index contributed by atoms with van der Waals surface area (Å²) in [7, 11) is -1.34. The highest BCUT2D eigenvalue weighted by Crippen LogP contribution is 2.47. The van der Waals surface area contributed by atoms with E-state index in [0.717, 1.165) is 36.9 Å². The monoisotopic (exact) mass is 296 g/mol. The van der Waals surface area contributed by atoms with Crippen LogP contribution in [-0.2, 0) is 22.3 Å². The summed E-state index contributed by atoms with van der Waals surface area (Å²) in [6.45, 7) is 3.51. The number of nitrogens with one attached hydrogen (secondary N) is 2. The second-order valence-electron chi connectivity index (χ2n) is 5.78. The van der Waals surface area contributed by atoms with Crippen molar-refractivity contribution in [3.8, 4) is 0 Å². The Labute approximate surface area is 122 Å². The Balaban J connectivity index is 1.90. The predicted molar refractivity (Wildman–Crippen MR) is 81.8 cm³/mol. The van der Waals surface area contributed by atoms with E-state index in [1.165, 1.54) is 0 Å². The lowest BCUT2D eigenvalue weighted by atomic mass is 10.1. The predicted octanol–water partition coefficient (Wildman–Crippen LogP) is 2.02. The zero-order valence-electron chi connectivity index (χ0n) is 12.3. The van der Waals surface area contributed by atoms with E-state index in [1.807, 2.05) is 31.3 Å². The van der Waals surface area contributed by atoms with Crippen LogP contribution in [0.3, 0.4) is 0 Å². The van der Waals surface area contributed by atoms with E-state index in [-0.39, 0.29) is 11.2 Å². The van der Waals surface area contributed by atoms with Crippen molar-refractivity contribution in [1.29, 1.82) is 0 Å². The Kier molecular flexibility index (Phi) is 4.83.